The number of rotatable bonds is 3. The molecule has 1 N–H and O–H groups in total. The van der Waals surface area contributed by atoms with E-state index in [0.717, 1.165) is 5.82 Å². The van der Waals surface area contributed by atoms with Crippen LogP contribution in [0.1, 0.15) is 48.1 Å². The average Bonchev–Trinajstić information content (AvgIpc) is 3.18. The van der Waals surface area contributed by atoms with E-state index in [1.54, 1.807) is 17.0 Å². The van der Waals surface area contributed by atoms with Crippen molar-refractivity contribution < 1.29 is 13.9 Å². The largest absolute Gasteiger partial charge is 0.459 e. The van der Waals surface area contributed by atoms with E-state index in [4.69, 9.17) is 9.15 Å². The second-order valence-corrected chi connectivity index (χ2v) is 5.32. The zero-order valence-corrected chi connectivity index (χ0v) is 12.1. The molecule has 0 saturated carbocycles. The van der Waals surface area contributed by atoms with Crippen LogP contribution in [0.15, 0.2) is 22.8 Å². The van der Waals surface area contributed by atoms with Crippen molar-refractivity contribution in [1.82, 2.24) is 20.1 Å². The van der Waals surface area contributed by atoms with Crippen molar-refractivity contribution >= 4 is 5.91 Å². The van der Waals surface area contributed by atoms with Crippen molar-refractivity contribution in [2.45, 2.75) is 25.9 Å². The summed E-state index contributed by atoms with van der Waals surface area (Å²) in [5, 5.41) is 7.08. The van der Waals surface area contributed by atoms with Gasteiger partial charge in [0.2, 0.25) is 0 Å². The van der Waals surface area contributed by atoms with Gasteiger partial charge in [-0.15, -0.1) is 0 Å². The molecule has 0 aromatic carbocycles. The van der Waals surface area contributed by atoms with Crippen molar-refractivity contribution in [3.05, 3.63) is 35.8 Å². The number of nitrogens with one attached hydrogen (secondary N) is 1. The lowest BCUT2D eigenvalue weighted by molar-refractivity contribution is -0.0275. The van der Waals surface area contributed by atoms with E-state index >= 15 is 0 Å². The van der Waals surface area contributed by atoms with E-state index < -0.39 is 0 Å². The third-order valence-electron chi connectivity index (χ3n) is 3.43. The number of hydrogen-bond acceptors (Lipinski definition) is 5. The van der Waals surface area contributed by atoms with Gasteiger partial charge in [-0.2, -0.15) is 5.10 Å². The molecule has 1 fully saturated rings. The van der Waals surface area contributed by atoms with E-state index in [9.17, 15) is 4.79 Å². The first-order valence-electron chi connectivity index (χ1n) is 7.01. The normalized spacial score (nSPS) is 19.2. The van der Waals surface area contributed by atoms with Crippen LogP contribution in [0.2, 0.25) is 0 Å². The molecule has 0 spiro atoms. The van der Waals surface area contributed by atoms with Crippen molar-refractivity contribution in [3.63, 3.8) is 0 Å². The summed E-state index contributed by atoms with van der Waals surface area (Å²) >= 11 is 0. The number of H-pyrrole nitrogens is 1. The Labute approximate surface area is 122 Å². The molecule has 112 valence electrons. The van der Waals surface area contributed by atoms with Crippen LogP contribution in [0, 0.1) is 0 Å². The number of ether oxygens (including phenoxy) is 1. The number of carbonyl (C=O) groups is 1. The fourth-order valence-electron chi connectivity index (χ4n) is 2.25. The average molecular weight is 290 g/mol. The lowest BCUT2D eigenvalue weighted by Crippen LogP contribution is -2.42. The van der Waals surface area contributed by atoms with Gasteiger partial charge in [-0.3, -0.25) is 9.89 Å². The summed E-state index contributed by atoms with van der Waals surface area (Å²) in [6.45, 7) is 5.51. The Morgan fingerprint density at radius 1 is 1.52 bits per heavy atom. The second-order valence-electron chi connectivity index (χ2n) is 5.32. The summed E-state index contributed by atoms with van der Waals surface area (Å²) in [7, 11) is 0. The molecule has 3 rings (SSSR count). The highest BCUT2D eigenvalue weighted by Gasteiger charge is 2.29. The number of aromatic amines is 1. The number of carbonyl (C=O) groups excluding carboxylic acids is 1. The zero-order valence-electron chi connectivity index (χ0n) is 12.1. The van der Waals surface area contributed by atoms with E-state index in [0.29, 0.717) is 31.3 Å². The summed E-state index contributed by atoms with van der Waals surface area (Å²) in [6.07, 6.45) is 1.22. The molecule has 1 saturated heterocycles. The summed E-state index contributed by atoms with van der Waals surface area (Å²) in [5.74, 6) is 1.88. The van der Waals surface area contributed by atoms with Crippen LogP contribution in [0.5, 0.6) is 0 Å². The number of morpholine rings is 1. The summed E-state index contributed by atoms with van der Waals surface area (Å²) < 4.78 is 10.9. The maximum absolute atomic E-state index is 12.3. The molecule has 2 aromatic heterocycles. The number of nitrogens with zero attached hydrogens (tertiary/aromatic N) is 3. The molecule has 0 unspecified atom stereocenters. The zero-order chi connectivity index (χ0) is 14.8. The smallest absolute Gasteiger partial charge is 0.289 e. The highest BCUT2D eigenvalue weighted by atomic mass is 16.5. The number of amides is 1. The molecular weight excluding hydrogens is 272 g/mol. The minimum absolute atomic E-state index is 0.128. The van der Waals surface area contributed by atoms with Crippen LogP contribution in [-0.4, -0.2) is 45.7 Å². The first-order chi connectivity index (χ1) is 10.1. The molecule has 0 radical (unpaired) electrons. The molecule has 2 aromatic rings. The van der Waals surface area contributed by atoms with Gasteiger partial charge in [-0.05, 0) is 12.1 Å². The van der Waals surface area contributed by atoms with Crippen LogP contribution in [-0.2, 0) is 4.74 Å². The Bertz CT molecular complexity index is 606. The Morgan fingerprint density at radius 3 is 3.05 bits per heavy atom. The molecule has 1 amide bonds. The summed E-state index contributed by atoms with van der Waals surface area (Å²) in [5.41, 5.74) is 0. The topological polar surface area (TPSA) is 84.2 Å². The van der Waals surface area contributed by atoms with Crippen LogP contribution < -0.4 is 0 Å². The third kappa shape index (κ3) is 2.82. The SMILES string of the molecule is CC(C)c1n[nH]c([C@@H]2CN(C(=O)c3ccco3)CCO2)n1. The van der Waals surface area contributed by atoms with Crippen LogP contribution in [0.4, 0.5) is 0 Å². The molecule has 0 aliphatic carbocycles. The van der Waals surface area contributed by atoms with Gasteiger partial charge >= 0.3 is 0 Å². The van der Waals surface area contributed by atoms with Crippen LogP contribution in [0.25, 0.3) is 0 Å². The molecule has 1 aliphatic heterocycles. The predicted molar refractivity (Wildman–Crippen MR) is 73.8 cm³/mol. The molecule has 21 heavy (non-hydrogen) atoms. The van der Waals surface area contributed by atoms with Gasteiger partial charge in [-0.25, -0.2) is 4.98 Å². The highest BCUT2D eigenvalue weighted by molar-refractivity contribution is 5.91. The van der Waals surface area contributed by atoms with Crippen molar-refractivity contribution in [3.8, 4) is 0 Å². The fraction of sp³-hybridized carbons (Fsp3) is 0.500. The Balaban J connectivity index is 1.72. The maximum Gasteiger partial charge on any atom is 0.289 e. The number of furan rings is 1. The first kappa shape index (κ1) is 13.8. The lowest BCUT2D eigenvalue weighted by Gasteiger charge is -2.31. The Hall–Kier alpha value is -2.15. The second kappa shape index (κ2) is 5.69. The van der Waals surface area contributed by atoms with Gasteiger partial charge in [0.15, 0.2) is 17.4 Å². The van der Waals surface area contributed by atoms with Gasteiger partial charge in [-0.1, -0.05) is 13.8 Å². The van der Waals surface area contributed by atoms with Crippen molar-refractivity contribution in [2.24, 2.45) is 0 Å². The molecular formula is C14H18N4O3. The number of hydrogen-bond donors (Lipinski definition) is 1. The highest BCUT2D eigenvalue weighted by Crippen LogP contribution is 2.22. The van der Waals surface area contributed by atoms with E-state index in [1.165, 1.54) is 6.26 Å². The molecule has 7 heteroatoms. The van der Waals surface area contributed by atoms with E-state index in [2.05, 4.69) is 15.2 Å². The fourth-order valence-corrected chi connectivity index (χ4v) is 2.25. The molecule has 7 nitrogen and oxygen atoms in total. The van der Waals surface area contributed by atoms with Gasteiger partial charge in [0.1, 0.15) is 6.10 Å². The van der Waals surface area contributed by atoms with Crippen molar-refractivity contribution in [1.29, 1.82) is 0 Å². The van der Waals surface area contributed by atoms with Crippen molar-refractivity contribution in [2.75, 3.05) is 19.7 Å². The number of aromatic nitrogens is 3. The molecule has 3 heterocycles. The Morgan fingerprint density at radius 2 is 2.38 bits per heavy atom. The first-order valence-corrected chi connectivity index (χ1v) is 7.01. The van der Waals surface area contributed by atoms with Gasteiger partial charge in [0, 0.05) is 12.5 Å². The monoisotopic (exact) mass is 290 g/mol. The van der Waals surface area contributed by atoms with Gasteiger partial charge in [0.05, 0.1) is 19.4 Å². The van der Waals surface area contributed by atoms with Crippen LogP contribution >= 0.6 is 0 Å². The predicted octanol–water partition coefficient (Wildman–Crippen LogP) is 1.73. The summed E-state index contributed by atoms with van der Waals surface area (Å²) in [4.78, 5) is 18.4. The lowest BCUT2D eigenvalue weighted by atomic mass is 10.2. The minimum Gasteiger partial charge on any atom is -0.459 e. The van der Waals surface area contributed by atoms with Gasteiger partial charge in [0.25, 0.3) is 5.91 Å². The molecule has 1 aliphatic rings. The van der Waals surface area contributed by atoms with Gasteiger partial charge < -0.3 is 14.1 Å². The molecule has 1 atom stereocenters. The minimum atomic E-state index is -0.280. The Kier molecular flexibility index (Phi) is 3.74. The van der Waals surface area contributed by atoms with E-state index in [1.807, 2.05) is 13.8 Å². The standard InChI is InChI=1S/C14H18N4O3/c1-9(2)12-15-13(17-16-12)11-8-18(5-7-21-11)14(19)10-4-3-6-20-10/h3-4,6,9,11H,5,7-8H2,1-2H3,(H,15,16,17)/t11-/m0/s1. The van der Waals surface area contributed by atoms with Crippen LogP contribution in [0.3, 0.4) is 0 Å². The molecule has 0 bridgehead atoms. The quantitative estimate of drug-likeness (QED) is 0.930. The maximum atomic E-state index is 12.3. The summed E-state index contributed by atoms with van der Waals surface area (Å²) in [6, 6.07) is 3.37. The third-order valence-corrected chi connectivity index (χ3v) is 3.43. The van der Waals surface area contributed by atoms with E-state index in [-0.39, 0.29) is 17.9 Å².